The molecule has 3 N–H and O–H groups in total. The molecule has 2 aliphatic rings. The number of anilines is 3. The number of piperazine rings is 1. The highest BCUT2D eigenvalue weighted by Crippen LogP contribution is 2.35. The number of alkyl halides is 3. The molecule has 0 aromatic carbocycles. The zero-order valence-corrected chi connectivity index (χ0v) is 21.5. The largest absolute Gasteiger partial charge is 0.406 e. The van der Waals surface area contributed by atoms with E-state index in [9.17, 15) is 23.1 Å². The second-order valence-corrected chi connectivity index (χ2v) is 10.0. The van der Waals surface area contributed by atoms with Crippen LogP contribution in [0.3, 0.4) is 0 Å². The van der Waals surface area contributed by atoms with Crippen LogP contribution in [0.5, 0.6) is 0 Å². The maximum absolute atomic E-state index is 13.9. The Morgan fingerprint density at radius 1 is 1.08 bits per heavy atom. The monoisotopic (exact) mass is 550 g/mol. The molecule has 0 aliphatic carbocycles. The zero-order valence-electron chi connectivity index (χ0n) is 21.5. The van der Waals surface area contributed by atoms with Gasteiger partial charge in [-0.1, -0.05) is 0 Å². The molecule has 13 nitrogen and oxygen atoms in total. The number of rotatable bonds is 5. The van der Waals surface area contributed by atoms with E-state index in [1.807, 2.05) is 4.90 Å². The summed E-state index contributed by atoms with van der Waals surface area (Å²) in [7, 11) is 0. The Labute approximate surface area is 221 Å². The number of morpholine rings is 1. The molecule has 2 fully saturated rings. The molecule has 0 radical (unpaired) electrons. The number of nitrogen functional groups attached to an aromatic ring is 1. The van der Waals surface area contributed by atoms with Gasteiger partial charge in [0.25, 0.3) is 0 Å². The lowest BCUT2D eigenvalue weighted by molar-refractivity contribution is -0.140. The molecular formula is C23H29F3N10O3. The van der Waals surface area contributed by atoms with Crippen molar-refractivity contribution < 1.29 is 27.8 Å². The molecule has 0 atom stereocenters. The summed E-state index contributed by atoms with van der Waals surface area (Å²) in [6.45, 7) is 4.03. The lowest BCUT2D eigenvalue weighted by Gasteiger charge is -2.47. The van der Waals surface area contributed by atoms with Crippen molar-refractivity contribution in [2.24, 2.45) is 0 Å². The number of nitrogens with two attached hydrogens (primary N) is 1. The number of carbonyl (C=O) groups excluding carboxylic acids is 1. The summed E-state index contributed by atoms with van der Waals surface area (Å²) in [5.74, 6) is 0.183. The number of carbonyl (C=O) groups is 1. The Hall–Kier alpha value is -3.79. The van der Waals surface area contributed by atoms with Crippen molar-refractivity contribution in [3.63, 3.8) is 0 Å². The van der Waals surface area contributed by atoms with Crippen LogP contribution < -0.4 is 15.5 Å². The lowest BCUT2D eigenvalue weighted by atomic mass is 9.99. The van der Waals surface area contributed by atoms with Gasteiger partial charge in [0.15, 0.2) is 22.8 Å². The van der Waals surface area contributed by atoms with Crippen molar-refractivity contribution in [2.75, 3.05) is 68.1 Å². The maximum Gasteiger partial charge on any atom is 0.406 e. The van der Waals surface area contributed by atoms with Crippen LogP contribution >= 0.6 is 0 Å². The standard InChI is InChI=1S/C23H29F3N10O3/c1-22(2)12-34(3-4-36(22)15(38)11-37)21-30-16-18(33-5-7-39-8-6-33)31-17(14-9-28-20(27)29-10-14)32-19(16)35(21)13-23(24,25)26/h9-10,37H,3-8,11-13H2,1-2H3,(H2,27,28,29). The normalized spacial score (nSPS) is 18.2. The summed E-state index contributed by atoms with van der Waals surface area (Å²) in [6, 6.07) is 0. The second kappa shape index (κ2) is 10.1. The van der Waals surface area contributed by atoms with E-state index in [1.54, 1.807) is 18.7 Å². The maximum atomic E-state index is 13.9. The van der Waals surface area contributed by atoms with E-state index < -0.39 is 30.8 Å². The molecule has 0 bridgehead atoms. The van der Waals surface area contributed by atoms with Crippen LogP contribution in [-0.4, -0.2) is 110 Å². The van der Waals surface area contributed by atoms with E-state index in [4.69, 9.17) is 10.5 Å². The predicted molar refractivity (Wildman–Crippen MR) is 135 cm³/mol. The topological polar surface area (TPSA) is 152 Å². The van der Waals surface area contributed by atoms with E-state index in [0.717, 1.165) is 4.57 Å². The zero-order chi connectivity index (χ0) is 27.9. The molecule has 16 heteroatoms. The number of nitrogens with zero attached hydrogens (tertiary/aromatic N) is 9. The van der Waals surface area contributed by atoms with Crippen molar-refractivity contribution in [1.82, 2.24) is 34.4 Å². The summed E-state index contributed by atoms with van der Waals surface area (Å²) in [5.41, 5.74) is 5.46. The van der Waals surface area contributed by atoms with Crippen LogP contribution in [0.15, 0.2) is 12.4 Å². The molecule has 2 saturated heterocycles. The van der Waals surface area contributed by atoms with Gasteiger partial charge in [-0.15, -0.1) is 0 Å². The molecule has 3 aromatic heterocycles. The number of halogens is 3. The third-order valence-electron chi connectivity index (χ3n) is 6.76. The molecule has 0 saturated carbocycles. The minimum atomic E-state index is -4.57. The Bertz CT molecular complexity index is 1360. The van der Waals surface area contributed by atoms with Gasteiger partial charge < -0.3 is 30.3 Å². The number of hydrogen-bond donors (Lipinski definition) is 2. The average Bonchev–Trinajstić information content (AvgIpc) is 3.25. The van der Waals surface area contributed by atoms with E-state index in [2.05, 4.69) is 24.9 Å². The number of aliphatic hydroxyl groups is 1. The van der Waals surface area contributed by atoms with Gasteiger partial charge in [0.05, 0.1) is 24.3 Å². The molecule has 3 aromatic rings. The molecule has 39 heavy (non-hydrogen) atoms. The summed E-state index contributed by atoms with van der Waals surface area (Å²) in [6.07, 6.45) is -1.74. The van der Waals surface area contributed by atoms with E-state index in [1.165, 1.54) is 17.3 Å². The third kappa shape index (κ3) is 5.38. The van der Waals surface area contributed by atoms with E-state index in [0.29, 0.717) is 37.7 Å². The van der Waals surface area contributed by atoms with Crippen molar-refractivity contribution in [3.8, 4) is 11.4 Å². The highest BCUT2D eigenvalue weighted by Gasteiger charge is 2.40. The predicted octanol–water partition coefficient (Wildman–Crippen LogP) is 0.684. The summed E-state index contributed by atoms with van der Waals surface area (Å²) in [5, 5.41) is 9.37. The highest BCUT2D eigenvalue weighted by atomic mass is 19.4. The quantitative estimate of drug-likeness (QED) is 0.461. The van der Waals surface area contributed by atoms with E-state index in [-0.39, 0.29) is 48.5 Å². The first-order chi connectivity index (χ1) is 18.5. The Morgan fingerprint density at radius 3 is 2.38 bits per heavy atom. The van der Waals surface area contributed by atoms with Crippen LogP contribution in [-0.2, 0) is 16.1 Å². The van der Waals surface area contributed by atoms with Gasteiger partial charge in [-0.25, -0.2) is 24.9 Å². The van der Waals surface area contributed by atoms with Crippen LogP contribution in [0.2, 0.25) is 0 Å². The van der Waals surface area contributed by atoms with Gasteiger partial charge in [0, 0.05) is 45.1 Å². The summed E-state index contributed by atoms with van der Waals surface area (Å²) >= 11 is 0. The van der Waals surface area contributed by atoms with Crippen molar-refractivity contribution in [3.05, 3.63) is 12.4 Å². The third-order valence-corrected chi connectivity index (χ3v) is 6.76. The van der Waals surface area contributed by atoms with Crippen LogP contribution in [0.4, 0.5) is 30.9 Å². The molecule has 2 aliphatic heterocycles. The number of aromatic nitrogens is 6. The number of aliphatic hydroxyl groups excluding tert-OH is 1. The molecule has 5 heterocycles. The SMILES string of the molecule is CC1(C)CN(c2nc3c(N4CCOCC4)nc(-c4cnc(N)nc4)nc3n2CC(F)(F)F)CCN1C(=O)CO. The summed E-state index contributed by atoms with van der Waals surface area (Å²) in [4.78, 5) is 39.2. The van der Waals surface area contributed by atoms with Crippen molar-refractivity contribution in [1.29, 1.82) is 0 Å². The van der Waals surface area contributed by atoms with Crippen LogP contribution in [0, 0.1) is 0 Å². The fourth-order valence-corrected chi connectivity index (χ4v) is 4.99. The van der Waals surface area contributed by atoms with Crippen LogP contribution in [0.1, 0.15) is 13.8 Å². The minimum Gasteiger partial charge on any atom is -0.387 e. The summed E-state index contributed by atoms with van der Waals surface area (Å²) < 4.78 is 48.3. The number of ether oxygens (including phenoxy) is 1. The van der Waals surface area contributed by atoms with Gasteiger partial charge >= 0.3 is 6.18 Å². The number of imidazole rings is 1. The van der Waals surface area contributed by atoms with Crippen molar-refractivity contribution >= 4 is 34.8 Å². The smallest absolute Gasteiger partial charge is 0.387 e. The number of fused-ring (bicyclic) bond motifs is 1. The van der Waals surface area contributed by atoms with Gasteiger partial charge in [-0.3, -0.25) is 9.36 Å². The Morgan fingerprint density at radius 2 is 1.77 bits per heavy atom. The second-order valence-electron chi connectivity index (χ2n) is 10.0. The fraction of sp³-hybridized carbons (Fsp3) is 0.565. The lowest BCUT2D eigenvalue weighted by Crippen LogP contribution is -2.62. The number of amides is 1. The number of hydrogen-bond acceptors (Lipinski definition) is 11. The molecule has 0 spiro atoms. The molecule has 5 rings (SSSR count). The molecule has 0 unspecified atom stereocenters. The van der Waals surface area contributed by atoms with Gasteiger partial charge in [-0.05, 0) is 13.8 Å². The molecular weight excluding hydrogens is 521 g/mol. The van der Waals surface area contributed by atoms with E-state index >= 15 is 0 Å². The van der Waals surface area contributed by atoms with Crippen LogP contribution in [0.25, 0.3) is 22.6 Å². The average molecular weight is 551 g/mol. The Kier molecular flexibility index (Phi) is 6.92. The Balaban J connectivity index is 1.68. The van der Waals surface area contributed by atoms with Gasteiger partial charge in [0.1, 0.15) is 13.2 Å². The molecule has 1 amide bonds. The first-order valence-corrected chi connectivity index (χ1v) is 12.4. The molecule has 210 valence electrons. The van der Waals surface area contributed by atoms with Crippen molar-refractivity contribution in [2.45, 2.75) is 32.1 Å². The van der Waals surface area contributed by atoms with Gasteiger partial charge in [-0.2, -0.15) is 13.2 Å². The van der Waals surface area contributed by atoms with Gasteiger partial charge in [0.2, 0.25) is 17.8 Å². The fourth-order valence-electron chi connectivity index (χ4n) is 4.99. The minimum absolute atomic E-state index is 0.0114. The first kappa shape index (κ1) is 26.8. The highest BCUT2D eigenvalue weighted by molar-refractivity contribution is 5.88. The first-order valence-electron chi connectivity index (χ1n) is 12.4.